The molecule has 0 atom stereocenters. The molecule has 0 aromatic carbocycles. The lowest BCUT2D eigenvalue weighted by Gasteiger charge is -2.27. The van der Waals surface area contributed by atoms with E-state index >= 15 is 0 Å². The maximum atomic E-state index is 9.45. The number of nitrogens with zero attached hydrogens (tertiary/aromatic N) is 3. The molecule has 96 valence electrons. The quantitative estimate of drug-likeness (QED) is 0.634. The molecule has 1 aromatic heterocycles. The Morgan fingerprint density at radius 1 is 1.35 bits per heavy atom. The summed E-state index contributed by atoms with van der Waals surface area (Å²) in [5.41, 5.74) is 0.721. The van der Waals surface area contributed by atoms with Crippen LogP contribution in [0.4, 0.5) is 0 Å². The Hall–Kier alpha value is -0.980. The maximum absolute atomic E-state index is 9.45. The second kappa shape index (κ2) is 5.57. The van der Waals surface area contributed by atoms with E-state index < -0.39 is 0 Å². The number of rotatable bonds is 6. The third kappa shape index (κ3) is 3.02. The van der Waals surface area contributed by atoms with Crippen molar-refractivity contribution in [3.05, 3.63) is 11.9 Å². The average molecular weight is 240 g/mol. The van der Waals surface area contributed by atoms with Crippen LogP contribution in [-0.4, -0.2) is 44.0 Å². The minimum absolute atomic E-state index is 0.0663. The van der Waals surface area contributed by atoms with Crippen LogP contribution >= 0.6 is 0 Å². The second-order valence-electron chi connectivity index (χ2n) is 4.70. The summed E-state index contributed by atoms with van der Waals surface area (Å²) in [4.78, 5) is 0. The SMILES string of the molecule is OCCn1cc(CNC2(CO)CCCC2)nn1. The summed E-state index contributed by atoms with van der Waals surface area (Å²) in [7, 11) is 0. The summed E-state index contributed by atoms with van der Waals surface area (Å²) < 4.78 is 1.62. The van der Waals surface area contributed by atoms with Crippen LogP contribution in [-0.2, 0) is 13.1 Å². The summed E-state index contributed by atoms with van der Waals surface area (Å²) >= 11 is 0. The van der Waals surface area contributed by atoms with E-state index in [4.69, 9.17) is 5.11 Å². The lowest BCUT2D eigenvalue weighted by atomic mass is 9.99. The predicted molar refractivity (Wildman–Crippen MR) is 62.2 cm³/mol. The van der Waals surface area contributed by atoms with Gasteiger partial charge in [-0.3, -0.25) is 0 Å². The molecule has 1 aromatic rings. The topological polar surface area (TPSA) is 83.2 Å². The molecule has 0 bridgehead atoms. The van der Waals surface area contributed by atoms with Crippen molar-refractivity contribution in [1.29, 1.82) is 0 Å². The van der Waals surface area contributed by atoms with E-state index in [1.165, 1.54) is 12.8 Å². The van der Waals surface area contributed by atoms with Gasteiger partial charge in [0.1, 0.15) is 0 Å². The molecule has 0 amide bonds. The Morgan fingerprint density at radius 2 is 2.12 bits per heavy atom. The van der Waals surface area contributed by atoms with Gasteiger partial charge in [-0.2, -0.15) is 0 Å². The van der Waals surface area contributed by atoms with Gasteiger partial charge in [-0.1, -0.05) is 18.1 Å². The van der Waals surface area contributed by atoms with Gasteiger partial charge in [0.2, 0.25) is 0 Å². The van der Waals surface area contributed by atoms with E-state index in [0.29, 0.717) is 13.1 Å². The largest absolute Gasteiger partial charge is 0.394 e. The molecule has 1 aliphatic rings. The molecule has 3 N–H and O–H groups in total. The molecule has 6 nitrogen and oxygen atoms in total. The molecule has 1 heterocycles. The lowest BCUT2D eigenvalue weighted by molar-refractivity contribution is 0.162. The predicted octanol–water partition coefficient (Wildman–Crippen LogP) is -0.335. The number of aliphatic hydroxyl groups excluding tert-OH is 2. The molecular weight excluding hydrogens is 220 g/mol. The van der Waals surface area contributed by atoms with Crippen LogP contribution in [0.2, 0.25) is 0 Å². The molecule has 0 unspecified atom stereocenters. The standard InChI is InChI=1S/C11H20N4O2/c16-6-5-15-8-10(13-14-15)7-12-11(9-17)3-1-2-4-11/h8,12,16-17H,1-7,9H2. The number of nitrogens with one attached hydrogen (secondary N) is 1. The zero-order valence-electron chi connectivity index (χ0n) is 9.97. The Bertz CT molecular complexity index is 347. The zero-order valence-corrected chi connectivity index (χ0v) is 9.97. The third-order valence-corrected chi connectivity index (χ3v) is 3.42. The van der Waals surface area contributed by atoms with Crippen molar-refractivity contribution in [3.63, 3.8) is 0 Å². The van der Waals surface area contributed by atoms with Gasteiger partial charge in [-0.25, -0.2) is 4.68 Å². The van der Waals surface area contributed by atoms with Crippen LogP contribution in [0.15, 0.2) is 6.20 Å². The summed E-state index contributed by atoms with van der Waals surface area (Å²) in [6.07, 6.45) is 6.21. The second-order valence-corrected chi connectivity index (χ2v) is 4.70. The lowest BCUT2D eigenvalue weighted by Crippen LogP contribution is -2.45. The fourth-order valence-corrected chi connectivity index (χ4v) is 2.35. The summed E-state index contributed by atoms with van der Waals surface area (Å²) in [6.45, 7) is 1.33. The molecule has 0 radical (unpaired) electrons. The number of hydrogen-bond acceptors (Lipinski definition) is 5. The van der Waals surface area contributed by atoms with Crippen molar-refractivity contribution in [1.82, 2.24) is 20.3 Å². The van der Waals surface area contributed by atoms with E-state index in [-0.39, 0.29) is 18.8 Å². The first-order valence-corrected chi connectivity index (χ1v) is 6.14. The Morgan fingerprint density at radius 3 is 2.76 bits per heavy atom. The fourth-order valence-electron chi connectivity index (χ4n) is 2.35. The Labute approximate surface area is 101 Å². The van der Waals surface area contributed by atoms with E-state index in [2.05, 4.69) is 15.6 Å². The number of hydrogen-bond donors (Lipinski definition) is 3. The van der Waals surface area contributed by atoms with Gasteiger partial charge in [-0.05, 0) is 12.8 Å². The first-order valence-electron chi connectivity index (χ1n) is 6.14. The highest BCUT2D eigenvalue weighted by Gasteiger charge is 2.32. The molecular formula is C11H20N4O2. The van der Waals surface area contributed by atoms with Crippen LogP contribution < -0.4 is 5.32 Å². The molecule has 17 heavy (non-hydrogen) atoms. The third-order valence-electron chi connectivity index (χ3n) is 3.42. The summed E-state index contributed by atoms with van der Waals surface area (Å²) in [5.74, 6) is 0. The number of aromatic nitrogens is 3. The van der Waals surface area contributed by atoms with Gasteiger partial charge in [0.05, 0.1) is 25.5 Å². The summed E-state index contributed by atoms with van der Waals surface area (Å²) in [5, 5.41) is 29.5. The van der Waals surface area contributed by atoms with Crippen LogP contribution in [0.5, 0.6) is 0 Å². The van der Waals surface area contributed by atoms with Crippen LogP contribution in [0.1, 0.15) is 31.4 Å². The molecule has 0 aliphatic heterocycles. The van der Waals surface area contributed by atoms with E-state index in [1.54, 1.807) is 4.68 Å². The average Bonchev–Trinajstić information content (AvgIpc) is 2.96. The van der Waals surface area contributed by atoms with Crippen LogP contribution in [0.25, 0.3) is 0 Å². The van der Waals surface area contributed by atoms with Gasteiger partial charge in [-0.15, -0.1) is 5.10 Å². The van der Waals surface area contributed by atoms with Gasteiger partial charge >= 0.3 is 0 Å². The monoisotopic (exact) mass is 240 g/mol. The Balaban J connectivity index is 1.87. The highest BCUT2D eigenvalue weighted by molar-refractivity contribution is 4.97. The number of aliphatic hydroxyl groups is 2. The molecule has 1 saturated carbocycles. The van der Waals surface area contributed by atoms with E-state index in [1.807, 2.05) is 6.20 Å². The van der Waals surface area contributed by atoms with Crippen molar-refractivity contribution < 1.29 is 10.2 Å². The molecule has 6 heteroatoms. The van der Waals surface area contributed by atoms with Gasteiger partial charge in [0, 0.05) is 18.3 Å². The van der Waals surface area contributed by atoms with Crippen molar-refractivity contribution in [2.24, 2.45) is 0 Å². The zero-order chi connectivity index (χ0) is 12.1. The van der Waals surface area contributed by atoms with Crippen molar-refractivity contribution in [2.75, 3.05) is 13.2 Å². The highest BCUT2D eigenvalue weighted by Crippen LogP contribution is 2.29. The smallest absolute Gasteiger partial charge is 0.0965 e. The minimum atomic E-state index is -0.124. The molecule has 2 rings (SSSR count). The fraction of sp³-hybridized carbons (Fsp3) is 0.818. The normalized spacial score (nSPS) is 18.7. The van der Waals surface area contributed by atoms with Gasteiger partial charge in [0.25, 0.3) is 0 Å². The first kappa shape index (κ1) is 12.5. The van der Waals surface area contributed by atoms with E-state index in [0.717, 1.165) is 18.5 Å². The first-order chi connectivity index (χ1) is 8.28. The molecule has 0 spiro atoms. The maximum Gasteiger partial charge on any atom is 0.0965 e. The minimum Gasteiger partial charge on any atom is -0.394 e. The Kier molecular flexibility index (Phi) is 4.09. The molecule has 1 fully saturated rings. The van der Waals surface area contributed by atoms with Crippen LogP contribution in [0.3, 0.4) is 0 Å². The van der Waals surface area contributed by atoms with Crippen LogP contribution in [0, 0.1) is 0 Å². The summed E-state index contributed by atoms with van der Waals surface area (Å²) in [6, 6.07) is 0. The van der Waals surface area contributed by atoms with Crippen molar-refractivity contribution >= 4 is 0 Å². The van der Waals surface area contributed by atoms with Gasteiger partial charge in [0.15, 0.2) is 0 Å². The molecule has 0 saturated heterocycles. The van der Waals surface area contributed by atoms with Crippen molar-refractivity contribution in [2.45, 2.75) is 44.3 Å². The highest BCUT2D eigenvalue weighted by atomic mass is 16.3. The molecule has 1 aliphatic carbocycles. The van der Waals surface area contributed by atoms with Gasteiger partial charge < -0.3 is 15.5 Å². The van der Waals surface area contributed by atoms with E-state index in [9.17, 15) is 5.11 Å². The van der Waals surface area contributed by atoms with Crippen molar-refractivity contribution in [3.8, 4) is 0 Å².